The van der Waals surface area contributed by atoms with Crippen molar-refractivity contribution in [2.24, 2.45) is 7.05 Å². The lowest BCUT2D eigenvalue weighted by Crippen LogP contribution is -2.29. The minimum atomic E-state index is -0.0551. The zero-order valence-electron chi connectivity index (χ0n) is 11.9. The van der Waals surface area contributed by atoms with Gasteiger partial charge in [-0.15, -0.1) is 5.10 Å². The van der Waals surface area contributed by atoms with E-state index in [1.54, 1.807) is 16.8 Å². The number of amides is 1. The highest BCUT2D eigenvalue weighted by Gasteiger charge is 2.06. The highest BCUT2D eigenvalue weighted by molar-refractivity contribution is 5.94. The molecule has 0 aliphatic rings. The standard InChI is InChI=1S/C14H19N5O/c1-10(2)16-14(20)11-4-6-12(7-5-11)15-8-13-9-19(3)18-17-13/h4-7,9-10,15H,8H2,1-3H3,(H,16,20). The van der Waals surface area contributed by atoms with Gasteiger partial charge < -0.3 is 10.6 Å². The number of carbonyl (C=O) groups is 1. The smallest absolute Gasteiger partial charge is 0.251 e. The molecule has 0 saturated carbocycles. The molecule has 20 heavy (non-hydrogen) atoms. The average Bonchev–Trinajstić information content (AvgIpc) is 2.82. The molecule has 0 unspecified atom stereocenters. The third-order valence-corrected chi connectivity index (χ3v) is 2.69. The van der Waals surface area contributed by atoms with Crippen LogP contribution in [0, 0.1) is 0 Å². The molecule has 2 aromatic rings. The van der Waals surface area contributed by atoms with Gasteiger partial charge in [-0.25, -0.2) is 0 Å². The second kappa shape index (κ2) is 6.18. The average molecular weight is 273 g/mol. The van der Waals surface area contributed by atoms with E-state index in [1.165, 1.54) is 0 Å². The second-order valence-electron chi connectivity index (χ2n) is 4.94. The largest absolute Gasteiger partial charge is 0.379 e. The molecule has 1 amide bonds. The van der Waals surface area contributed by atoms with Crippen LogP contribution >= 0.6 is 0 Å². The molecule has 1 aromatic carbocycles. The van der Waals surface area contributed by atoms with E-state index >= 15 is 0 Å². The first-order chi connectivity index (χ1) is 9.54. The Balaban J connectivity index is 1.93. The fourth-order valence-electron chi connectivity index (χ4n) is 1.75. The van der Waals surface area contributed by atoms with Gasteiger partial charge in [-0.3, -0.25) is 9.48 Å². The molecule has 1 aromatic heterocycles. The minimum Gasteiger partial charge on any atom is -0.379 e. The summed E-state index contributed by atoms with van der Waals surface area (Å²) in [6, 6.07) is 7.50. The van der Waals surface area contributed by atoms with Gasteiger partial charge in [-0.1, -0.05) is 5.21 Å². The molecule has 2 N–H and O–H groups in total. The fraction of sp³-hybridized carbons (Fsp3) is 0.357. The molecule has 0 atom stereocenters. The quantitative estimate of drug-likeness (QED) is 0.867. The topological polar surface area (TPSA) is 71.8 Å². The van der Waals surface area contributed by atoms with Gasteiger partial charge in [0.15, 0.2) is 0 Å². The maximum Gasteiger partial charge on any atom is 0.251 e. The predicted molar refractivity (Wildman–Crippen MR) is 77.4 cm³/mol. The van der Waals surface area contributed by atoms with Crippen LogP contribution in [0.25, 0.3) is 0 Å². The number of carbonyl (C=O) groups excluding carboxylic acids is 1. The summed E-state index contributed by atoms with van der Waals surface area (Å²) in [5, 5.41) is 14.0. The number of anilines is 1. The molecule has 6 heteroatoms. The lowest BCUT2D eigenvalue weighted by atomic mass is 10.2. The summed E-state index contributed by atoms with van der Waals surface area (Å²) < 4.78 is 1.66. The van der Waals surface area contributed by atoms with Gasteiger partial charge in [0.05, 0.1) is 6.54 Å². The van der Waals surface area contributed by atoms with Crippen molar-refractivity contribution in [2.75, 3.05) is 5.32 Å². The Morgan fingerprint density at radius 2 is 2.00 bits per heavy atom. The molecule has 106 valence electrons. The van der Waals surface area contributed by atoms with Gasteiger partial charge in [0.1, 0.15) is 5.69 Å². The van der Waals surface area contributed by atoms with Crippen LogP contribution in [0.4, 0.5) is 5.69 Å². The van der Waals surface area contributed by atoms with Crippen molar-refractivity contribution in [3.05, 3.63) is 41.7 Å². The zero-order chi connectivity index (χ0) is 14.5. The van der Waals surface area contributed by atoms with E-state index in [-0.39, 0.29) is 11.9 Å². The van der Waals surface area contributed by atoms with Crippen molar-refractivity contribution in [3.8, 4) is 0 Å². The van der Waals surface area contributed by atoms with Crippen molar-refractivity contribution in [1.29, 1.82) is 0 Å². The third kappa shape index (κ3) is 3.81. The number of nitrogens with one attached hydrogen (secondary N) is 2. The Kier molecular flexibility index (Phi) is 4.34. The Bertz CT molecular complexity index is 574. The van der Waals surface area contributed by atoms with E-state index in [2.05, 4.69) is 20.9 Å². The predicted octanol–water partition coefficient (Wildman–Crippen LogP) is 1.57. The van der Waals surface area contributed by atoms with Crippen molar-refractivity contribution in [1.82, 2.24) is 20.3 Å². The Labute approximate surface area is 118 Å². The molecule has 6 nitrogen and oxygen atoms in total. The highest BCUT2D eigenvalue weighted by atomic mass is 16.1. The number of benzene rings is 1. The van der Waals surface area contributed by atoms with E-state index in [0.717, 1.165) is 11.4 Å². The maximum atomic E-state index is 11.8. The summed E-state index contributed by atoms with van der Waals surface area (Å²) in [7, 11) is 1.83. The van der Waals surface area contributed by atoms with Crippen LogP contribution in [0.5, 0.6) is 0 Å². The van der Waals surface area contributed by atoms with Crippen LogP contribution in [-0.2, 0) is 13.6 Å². The van der Waals surface area contributed by atoms with E-state index in [0.29, 0.717) is 12.1 Å². The summed E-state index contributed by atoms with van der Waals surface area (Å²) in [4.78, 5) is 11.8. The van der Waals surface area contributed by atoms with Gasteiger partial charge in [-0.05, 0) is 38.1 Å². The number of rotatable bonds is 5. The van der Waals surface area contributed by atoms with Gasteiger partial charge in [-0.2, -0.15) is 0 Å². The Morgan fingerprint density at radius 3 is 2.55 bits per heavy atom. The van der Waals surface area contributed by atoms with Crippen molar-refractivity contribution in [2.45, 2.75) is 26.4 Å². The monoisotopic (exact) mass is 273 g/mol. The zero-order valence-corrected chi connectivity index (χ0v) is 11.9. The SMILES string of the molecule is CC(C)NC(=O)c1ccc(NCc2cn(C)nn2)cc1. The van der Waals surface area contributed by atoms with E-state index in [1.807, 2.05) is 39.2 Å². The summed E-state index contributed by atoms with van der Waals surface area (Å²) >= 11 is 0. The summed E-state index contributed by atoms with van der Waals surface area (Å²) in [6.45, 7) is 4.48. The van der Waals surface area contributed by atoms with Crippen LogP contribution < -0.4 is 10.6 Å². The van der Waals surface area contributed by atoms with E-state index < -0.39 is 0 Å². The number of nitrogens with zero attached hydrogens (tertiary/aromatic N) is 3. The van der Waals surface area contributed by atoms with Gasteiger partial charge in [0, 0.05) is 30.5 Å². The first-order valence-corrected chi connectivity index (χ1v) is 6.54. The molecule has 0 radical (unpaired) electrons. The van der Waals surface area contributed by atoms with E-state index in [4.69, 9.17) is 0 Å². The Morgan fingerprint density at radius 1 is 1.30 bits per heavy atom. The van der Waals surface area contributed by atoms with Crippen LogP contribution in [0.15, 0.2) is 30.5 Å². The molecular formula is C14H19N5O. The van der Waals surface area contributed by atoms with Crippen LogP contribution in [0.3, 0.4) is 0 Å². The van der Waals surface area contributed by atoms with Crippen LogP contribution in [0.2, 0.25) is 0 Å². The molecule has 0 bridgehead atoms. The Hall–Kier alpha value is -2.37. The molecular weight excluding hydrogens is 254 g/mol. The minimum absolute atomic E-state index is 0.0551. The summed E-state index contributed by atoms with van der Waals surface area (Å²) in [6.07, 6.45) is 1.86. The van der Waals surface area contributed by atoms with Crippen LogP contribution in [0.1, 0.15) is 29.9 Å². The summed E-state index contributed by atoms with van der Waals surface area (Å²) in [5.41, 5.74) is 2.47. The van der Waals surface area contributed by atoms with Crippen molar-refractivity contribution < 1.29 is 4.79 Å². The normalized spacial score (nSPS) is 10.6. The number of aromatic nitrogens is 3. The van der Waals surface area contributed by atoms with Gasteiger partial charge >= 0.3 is 0 Å². The number of hydrogen-bond acceptors (Lipinski definition) is 4. The molecule has 0 aliphatic heterocycles. The lowest BCUT2D eigenvalue weighted by Gasteiger charge is -2.09. The van der Waals surface area contributed by atoms with Crippen molar-refractivity contribution in [3.63, 3.8) is 0 Å². The first kappa shape index (κ1) is 14.0. The molecule has 0 spiro atoms. The fourth-order valence-corrected chi connectivity index (χ4v) is 1.75. The maximum absolute atomic E-state index is 11.8. The molecule has 1 heterocycles. The molecule has 2 rings (SSSR count). The number of aryl methyl sites for hydroxylation is 1. The second-order valence-corrected chi connectivity index (χ2v) is 4.94. The molecule has 0 fully saturated rings. The molecule has 0 aliphatic carbocycles. The highest BCUT2D eigenvalue weighted by Crippen LogP contribution is 2.10. The third-order valence-electron chi connectivity index (χ3n) is 2.69. The van der Waals surface area contributed by atoms with Gasteiger partial charge in [0.25, 0.3) is 5.91 Å². The first-order valence-electron chi connectivity index (χ1n) is 6.54. The van der Waals surface area contributed by atoms with E-state index in [9.17, 15) is 4.79 Å². The molecule has 0 saturated heterocycles. The lowest BCUT2D eigenvalue weighted by molar-refractivity contribution is 0.0943. The number of hydrogen-bond donors (Lipinski definition) is 2. The van der Waals surface area contributed by atoms with Crippen molar-refractivity contribution >= 4 is 11.6 Å². The summed E-state index contributed by atoms with van der Waals surface area (Å²) in [5.74, 6) is -0.0551. The van der Waals surface area contributed by atoms with Gasteiger partial charge in [0.2, 0.25) is 0 Å². The van der Waals surface area contributed by atoms with Crippen LogP contribution in [-0.4, -0.2) is 26.9 Å².